The Hall–Kier alpha value is -4.22. The second-order valence-electron chi connectivity index (χ2n) is 11.7. The number of nitrogens with zero attached hydrogens (tertiary/aromatic N) is 3. The number of hydrogen-bond donors (Lipinski definition) is 3. The number of alkyl halides is 3. The lowest BCUT2D eigenvalue weighted by Crippen LogP contribution is -2.48. The summed E-state index contributed by atoms with van der Waals surface area (Å²) >= 11 is 0. The van der Waals surface area contributed by atoms with Gasteiger partial charge in [0.2, 0.25) is 11.5 Å². The standard InChI is InChI=1S/C27H37F3N6O8S/c1-16-22(14-33-35(16)11-10-31-23(38)43-25(3,4)5)45(40,41)36-15-19(13-32-17(2)37)42-21-9-8-18(12-20(21)36)34-24(39)44-26(6,7)27(28,29)30/h8-9,12,14,19H,10-11,13,15H2,1-7H3,(H,31,38)(H,32,37)(H,34,39)/t19-/m0/s1. The molecule has 1 aliphatic heterocycles. The van der Waals surface area contributed by atoms with E-state index in [0.717, 1.165) is 10.5 Å². The van der Waals surface area contributed by atoms with Gasteiger partial charge in [-0.15, -0.1) is 0 Å². The number of rotatable bonds is 9. The van der Waals surface area contributed by atoms with Crippen molar-refractivity contribution in [2.45, 2.75) is 83.4 Å². The second-order valence-corrected chi connectivity index (χ2v) is 13.5. The highest BCUT2D eigenvalue weighted by Crippen LogP contribution is 2.40. The minimum absolute atomic E-state index is 0.0271. The summed E-state index contributed by atoms with van der Waals surface area (Å²) in [5.74, 6) is -0.294. The first-order valence-corrected chi connectivity index (χ1v) is 15.2. The molecule has 2 aromatic rings. The minimum atomic E-state index is -4.84. The molecule has 2 heterocycles. The maximum absolute atomic E-state index is 14.0. The predicted molar refractivity (Wildman–Crippen MR) is 156 cm³/mol. The van der Waals surface area contributed by atoms with Gasteiger partial charge < -0.3 is 24.8 Å². The molecule has 250 valence electrons. The number of benzene rings is 1. The number of carbonyl (C=O) groups is 3. The molecule has 0 spiro atoms. The molecule has 0 aliphatic carbocycles. The molecule has 1 aromatic carbocycles. The molecule has 45 heavy (non-hydrogen) atoms. The van der Waals surface area contributed by atoms with Crippen molar-refractivity contribution in [3.63, 3.8) is 0 Å². The number of amides is 3. The van der Waals surface area contributed by atoms with Crippen LogP contribution in [0.25, 0.3) is 0 Å². The first-order chi connectivity index (χ1) is 20.6. The monoisotopic (exact) mass is 662 g/mol. The molecule has 0 fully saturated rings. The van der Waals surface area contributed by atoms with E-state index in [1.165, 1.54) is 36.7 Å². The van der Waals surface area contributed by atoms with Crippen molar-refractivity contribution in [1.29, 1.82) is 0 Å². The molecule has 0 unspecified atom stereocenters. The van der Waals surface area contributed by atoms with Crippen LogP contribution in [0.15, 0.2) is 29.3 Å². The molecular formula is C27H37F3N6O8S. The summed E-state index contributed by atoms with van der Waals surface area (Å²) in [6.45, 7) is 9.24. The smallest absolute Gasteiger partial charge is 0.427 e. The Morgan fingerprint density at radius 3 is 2.33 bits per heavy atom. The van der Waals surface area contributed by atoms with Crippen molar-refractivity contribution < 1.29 is 50.2 Å². The molecular weight excluding hydrogens is 625 g/mol. The highest BCUT2D eigenvalue weighted by atomic mass is 32.2. The van der Waals surface area contributed by atoms with E-state index in [9.17, 15) is 36.0 Å². The zero-order chi connectivity index (χ0) is 34.0. The van der Waals surface area contributed by atoms with Gasteiger partial charge in [-0.2, -0.15) is 18.3 Å². The van der Waals surface area contributed by atoms with Crippen LogP contribution in [0.5, 0.6) is 5.75 Å². The molecule has 3 amide bonds. The van der Waals surface area contributed by atoms with Crippen LogP contribution in [0.2, 0.25) is 0 Å². The summed E-state index contributed by atoms with van der Waals surface area (Å²) in [5, 5.41) is 11.5. The van der Waals surface area contributed by atoms with Crippen molar-refractivity contribution >= 4 is 39.5 Å². The van der Waals surface area contributed by atoms with Crippen molar-refractivity contribution in [3.8, 4) is 5.75 Å². The minimum Gasteiger partial charge on any atom is -0.484 e. The number of sulfonamides is 1. The fourth-order valence-corrected chi connectivity index (χ4v) is 5.68. The van der Waals surface area contributed by atoms with Crippen LogP contribution < -0.4 is 25.0 Å². The van der Waals surface area contributed by atoms with Crippen LogP contribution in [0.1, 0.15) is 47.2 Å². The summed E-state index contributed by atoms with van der Waals surface area (Å²) in [4.78, 5) is 35.6. The number of fused-ring (bicyclic) bond motifs is 1. The van der Waals surface area contributed by atoms with Gasteiger partial charge in [0.25, 0.3) is 10.0 Å². The van der Waals surface area contributed by atoms with Crippen LogP contribution in [-0.2, 0) is 30.8 Å². The van der Waals surface area contributed by atoms with E-state index < -0.39 is 45.7 Å². The van der Waals surface area contributed by atoms with E-state index >= 15 is 0 Å². The number of hydrogen-bond acceptors (Lipinski definition) is 9. The highest BCUT2D eigenvalue weighted by Gasteiger charge is 2.51. The number of halogens is 3. The fraction of sp³-hybridized carbons (Fsp3) is 0.556. The van der Waals surface area contributed by atoms with E-state index in [2.05, 4.69) is 25.8 Å². The Morgan fingerprint density at radius 1 is 1.07 bits per heavy atom. The van der Waals surface area contributed by atoms with E-state index in [4.69, 9.17) is 9.47 Å². The number of alkyl carbamates (subject to hydrolysis) is 1. The Balaban J connectivity index is 1.89. The maximum Gasteiger partial charge on any atom is 0.427 e. The lowest BCUT2D eigenvalue weighted by Gasteiger charge is -2.35. The molecule has 1 aromatic heterocycles. The first kappa shape index (κ1) is 35.3. The van der Waals surface area contributed by atoms with Gasteiger partial charge in [0.15, 0.2) is 0 Å². The molecule has 0 bridgehead atoms. The van der Waals surface area contributed by atoms with Gasteiger partial charge in [-0.3, -0.25) is 19.1 Å². The summed E-state index contributed by atoms with van der Waals surface area (Å²) < 4.78 is 85.7. The van der Waals surface area contributed by atoms with Gasteiger partial charge in [-0.1, -0.05) is 0 Å². The number of anilines is 2. The average molecular weight is 663 g/mol. The van der Waals surface area contributed by atoms with E-state index in [-0.39, 0.29) is 59.8 Å². The number of aromatic nitrogens is 2. The van der Waals surface area contributed by atoms with Crippen LogP contribution >= 0.6 is 0 Å². The normalized spacial score (nSPS) is 15.4. The molecule has 0 radical (unpaired) electrons. The number of ether oxygens (including phenoxy) is 3. The Labute approximate surface area is 258 Å². The topological polar surface area (TPSA) is 170 Å². The zero-order valence-electron chi connectivity index (χ0n) is 25.9. The Kier molecular flexibility index (Phi) is 10.2. The van der Waals surface area contributed by atoms with Crippen molar-refractivity contribution in [2.75, 3.05) is 29.3 Å². The summed E-state index contributed by atoms with van der Waals surface area (Å²) in [6.07, 6.45) is -6.57. The first-order valence-electron chi connectivity index (χ1n) is 13.7. The van der Waals surface area contributed by atoms with Gasteiger partial charge in [0.1, 0.15) is 22.4 Å². The third-order valence-corrected chi connectivity index (χ3v) is 8.25. The molecule has 3 N–H and O–H groups in total. The van der Waals surface area contributed by atoms with Gasteiger partial charge in [0.05, 0.1) is 37.2 Å². The lowest BCUT2D eigenvalue weighted by molar-refractivity contribution is -0.242. The van der Waals surface area contributed by atoms with Gasteiger partial charge in [0, 0.05) is 19.2 Å². The lowest BCUT2D eigenvalue weighted by atomic mass is 10.1. The molecule has 0 saturated heterocycles. The molecule has 1 aliphatic rings. The van der Waals surface area contributed by atoms with E-state index in [1.807, 2.05) is 0 Å². The Morgan fingerprint density at radius 2 is 1.73 bits per heavy atom. The number of nitrogens with one attached hydrogen (secondary N) is 3. The van der Waals surface area contributed by atoms with Crippen LogP contribution in [-0.4, -0.2) is 79.4 Å². The van der Waals surface area contributed by atoms with Crippen molar-refractivity contribution in [3.05, 3.63) is 30.1 Å². The van der Waals surface area contributed by atoms with E-state index in [0.29, 0.717) is 13.8 Å². The van der Waals surface area contributed by atoms with Crippen LogP contribution in [0.4, 0.5) is 34.1 Å². The van der Waals surface area contributed by atoms with Gasteiger partial charge in [-0.25, -0.2) is 18.0 Å². The molecule has 18 heteroatoms. The third-order valence-electron chi connectivity index (χ3n) is 6.36. The Bertz CT molecular complexity index is 1540. The predicted octanol–water partition coefficient (Wildman–Crippen LogP) is 3.70. The quantitative estimate of drug-likeness (QED) is 0.362. The second kappa shape index (κ2) is 13.0. The number of carbonyl (C=O) groups excluding carboxylic acids is 3. The zero-order valence-corrected chi connectivity index (χ0v) is 26.7. The van der Waals surface area contributed by atoms with Crippen molar-refractivity contribution in [1.82, 2.24) is 20.4 Å². The fourth-order valence-electron chi connectivity index (χ4n) is 4.02. The molecule has 14 nitrogen and oxygen atoms in total. The molecule has 3 rings (SSSR count). The summed E-state index contributed by atoms with van der Waals surface area (Å²) in [7, 11) is -4.36. The maximum atomic E-state index is 14.0. The molecule has 1 atom stereocenters. The largest absolute Gasteiger partial charge is 0.484 e. The van der Waals surface area contributed by atoms with Gasteiger partial charge in [-0.05, 0) is 59.7 Å². The summed E-state index contributed by atoms with van der Waals surface area (Å²) in [6, 6.07) is 3.85. The summed E-state index contributed by atoms with van der Waals surface area (Å²) in [5.41, 5.74) is -3.34. The average Bonchev–Trinajstić information content (AvgIpc) is 3.25. The van der Waals surface area contributed by atoms with Crippen LogP contribution in [0.3, 0.4) is 0 Å². The molecule has 0 saturated carbocycles. The third kappa shape index (κ3) is 8.92. The van der Waals surface area contributed by atoms with E-state index in [1.54, 1.807) is 20.8 Å². The highest BCUT2D eigenvalue weighted by molar-refractivity contribution is 7.92. The van der Waals surface area contributed by atoms with Gasteiger partial charge >= 0.3 is 18.4 Å². The SMILES string of the molecule is CC(=O)NC[C@H]1CN(S(=O)(=O)c2cnn(CCNC(=O)OC(C)(C)C)c2C)c2cc(NC(=O)OC(C)(C)C(F)(F)F)ccc2O1. The van der Waals surface area contributed by atoms with Crippen LogP contribution in [0, 0.1) is 6.92 Å². The van der Waals surface area contributed by atoms with Crippen molar-refractivity contribution in [2.24, 2.45) is 0 Å².